The van der Waals surface area contributed by atoms with Crippen LogP contribution >= 0.6 is 0 Å². The van der Waals surface area contributed by atoms with Crippen LogP contribution in [-0.4, -0.2) is 46.9 Å². The van der Waals surface area contributed by atoms with Crippen LogP contribution in [0.3, 0.4) is 0 Å². The van der Waals surface area contributed by atoms with Gasteiger partial charge in [-0.15, -0.1) is 0 Å². The van der Waals surface area contributed by atoms with Gasteiger partial charge in [-0.05, 0) is 27.2 Å². The summed E-state index contributed by atoms with van der Waals surface area (Å²) in [4.78, 5) is 24.5. The van der Waals surface area contributed by atoms with Crippen molar-refractivity contribution in [2.24, 2.45) is 5.92 Å². The zero-order valence-electron chi connectivity index (χ0n) is 17.1. The van der Waals surface area contributed by atoms with E-state index in [0.717, 1.165) is 19.3 Å². The number of amides is 1. The number of esters is 1. The number of ether oxygens (including phenoxy) is 1. The van der Waals surface area contributed by atoms with E-state index in [1.54, 1.807) is 20.8 Å². The van der Waals surface area contributed by atoms with Gasteiger partial charge in [0.25, 0.3) is 0 Å². The van der Waals surface area contributed by atoms with Crippen LogP contribution in [0.5, 0.6) is 0 Å². The fourth-order valence-corrected chi connectivity index (χ4v) is 2.73. The summed E-state index contributed by atoms with van der Waals surface area (Å²) in [7, 11) is 0. The van der Waals surface area contributed by atoms with Crippen molar-refractivity contribution in [3.63, 3.8) is 0 Å². The zero-order chi connectivity index (χ0) is 20.0. The zero-order valence-corrected chi connectivity index (χ0v) is 17.1. The monoisotopic (exact) mass is 373 g/mol. The Hall–Kier alpha value is -1.14. The third kappa shape index (κ3) is 13.1. The number of hydrogen-bond acceptors (Lipinski definition) is 5. The number of aliphatic hydroxyl groups is 2. The largest absolute Gasteiger partial charge is 0.460 e. The van der Waals surface area contributed by atoms with Gasteiger partial charge in [0.15, 0.2) is 0 Å². The lowest BCUT2D eigenvalue weighted by Gasteiger charge is -2.23. The van der Waals surface area contributed by atoms with Gasteiger partial charge >= 0.3 is 5.97 Å². The molecular weight excluding hydrogens is 334 g/mol. The summed E-state index contributed by atoms with van der Waals surface area (Å²) >= 11 is 0. The third-order valence-electron chi connectivity index (χ3n) is 4.15. The molecule has 0 unspecified atom stereocenters. The van der Waals surface area contributed by atoms with E-state index in [4.69, 9.17) is 14.9 Å². The van der Waals surface area contributed by atoms with Gasteiger partial charge < -0.3 is 20.3 Å². The van der Waals surface area contributed by atoms with Crippen LogP contribution in [0.4, 0.5) is 0 Å². The Labute approximate surface area is 158 Å². The number of hydrogen-bond donors (Lipinski definition) is 3. The van der Waals surface area contributed by atoms with Crippen LogP contribution in [0.2, 0.25) is 0 Å². The van der Waals surface area contributed by atoms with Gasteiger partial charge in [0.2, 0.25) is 5.91 Å². The second-order valence-electron chi connectivity index (χ2n) is 7.97. The van der Waals surface area contributed by atoms with Crippen molar-refractivity contribution in [2.75, 3.05) is 13.2 Å². The Morgan fingerprint density at radius 3 is 2.00 bits per heavy atom. The van der Waals surface area contributed by atoms with E-state index in [1.165, 1.54) is 25.7 Å². The lowest BCUT2D eigenvalue weighted by atomic mass is 9.95. The molecule has 0 spiro atoms. The van der Waals surface area contributed by atoms with E-state index < -0.39 is 23.5 Å². The molecule has 154 valence electrons. The normalized spacial score (nSPS) is 12.9. The van der Waals surface area contributed by atoms with E-state index >= 15 is 0 Å². The smallest absolute Gasteiger partial charge is 0.307 e. The maximum Gasteiger partial charge on any atom is 0.307 e. The maximum absolute atomic E-state index is 12.4. The molecule has 0 aliphatic rings. The molecule has 0 saturated carbocycles. The summed E-state index contributed by atoms with van der Waals surface area (Å²) in [6, 6.07) is -0.697. The van der Waals surface area contributed by atoms with Crippen LogP contribution in [-0.2, 0) is 14.3 Å². The number of aliphatic hydroxyl groups excluding tert-OH is 2. The molecule has 0 heterocycles. The number of rotatable bonds is 14. The van der Waals surface area contributed by atoms with Gasteiger partial charge in [-0.1, -0.05) is 51.9 Å². The molecular formula is C20H39NO5. The van der Waals surface area contributed by atoms with Crippen LogP contribution in [0.15, 0.2) is 0 Å². The molecule has 0 radical (unpaired) electrons. The fourth-order valence-electron chi connectivity index (χ4n) is 2.73. The Morgan fingerprint density at radius 2 is 1.50 bits per heavy atom. The molecule has 6 heteroatoms. The quantitative estimate of drug-likeness (QED) is 0.321. The number of carbonyl (C=O) groups is 2. The van der Waals surface area contributed by atoms with Gasteiger partial charge in [-0.3, -0.25) is 9.59 Å². The molecule has 0 bridgehead atoms. The van der Waals surface area contributed by atoms with Crippen LogP contribution in [0.25, 0.3) is 0 Å². The second kappa shape index (κ2) is 14.0. The summed E-state index contributed by atoms with van der Waals surface area (Å²) in [6.07, 6.45) is 8.58. The van der Waals surface area contributed by atoms with Gasteiger partial charge in [0.05, 0.1) is 25.7 Å². The molecule has 0 aliphatic heterocycles. The van der Waals surface area contributed by atoms with Crippen molar-refractivity contribution in [1.82, 2.24) is 5.32 Å². The first-order chi connectivity index (χ1) is 12.2. The number of carbonyl (C=O) groups excluding carboxylic acids is 2. The molecule has 0 saturated heterocycles. The van der Waals surface area contributed by atoms with Crippen molar-refractivity contribution in [3.8, 4) is 0 Å². The van der Waals surface area contributed by atoms with Gasteiger partial charge in [0.1, 0.15) is 5.60 Å². The average Bonchev–Trinajstić information content (AvgIpc) is 2.55. The first kappa shape index (κ1) is 24.9. The van der Waals surface area contributed by atoms with E-state index in [1.807, 2.05) is 0 Å². The molecule has 0 aromatic rings. The predicted octanol–water partition coefficient (Wildman–Crippen LogP) is 2.94. The Kier molecular flexibility index (Phi) is 13.4. The first-order valence-corrected chi connectivity index (χ1v) is 9.97. The average molecular weight is 374 g/mol. The lowest BCUT2D eigenvalue weighted by molar-refractivity contribution is -0.157. The lowest BCUT2D eigenvalue weighted by Crippen LogP contribution is -2.44. The van der Waals surface area contributed by atoms with E-state index in [9.17, 15) is 9.59 Å². The Morgan fingerprint density at radius 1 is 0.962 bits per heavy atom. The number of unbranched alkanes of at least 4 members (excludes halogenated alkanes) is 6. The molecule has 3 N–H and O–H groups in total. The summed E-state index contributed by atoms with van der Waals surface area (Å²) in [6.45, 7) is 6.90. The minimum Gasteiger partial charge on any atom is -0.460 e. The van der Waals surface area contributed by atoms with Crippen LogP contribution < -0.4 is 5.32 Å². The van der Waals surface area contributed by atoms with Crippen molar-refractivity contribution >= 4 is 11.9 Å². The van der Waals surface area contributed by atoms with Gasteiger partial charge in [0, 0.05) is 5.92 Å². The molecule has 1 atom stereocenters. The predicted molar refractivity (Wildman–Crippen MR) is 103 cm³/mol. The highest BCUT2D eigenvalue weighted by atomic mass is 16.6. The minimum absolute atomic E-state index is 0.0164. The second-order valence-corrected chi connectivity index (χ2v) is 7.97. The molecule has 6 nitrogen and oxygen atoms in total. The Balaban J connectivity index is 4.53. The fraction of sp³-hybridized carbons (Fsp3) is 0.900. The van der Waals surface area contributed by atoms with Gasteiger partial charge in [-0.25, -0.2) is 0 Å². The van der Waals surface area contributed by atoms with E-state index in [2.05, 4.69) is 12.2 Å². The van der Waals surface area contributed by atoms with E-state index in [0.29, 0.717) is 6.42 Å². The minimum atomic E-state index is -0.697. The first-order valence-electron chi connectivity index (χ1n) is 9.97. The highest BCUT2D eigenvalue weighted by Crippen LogP contribution is 2.19. The maximum atomic E-state index is 12.4. The topological polar surface area (TPSA) is 95.9 Å². The molecule has 0 rings (SSSR count). The van der Waals surface area contributed by atoms with Crippen molar-refractivity contribution in [2.45, 2.75) is 97.1 Å². The third-order valence-corrected chi connectivity index (χ3v) is 4.15. The van der Waals surface area contributed by atoms with Crippen molar-refractivity contribution in [1.29, 1.82) is 0 Å². The molecule has 0 aliphatic carbocycles. The van der Waals surface area contributed by atoms with Crippen LogP contribution in [0, 0.1) is 5.92 Å². The number of nitrogens with one attached hydrogen (secondary N) is 1. The standard InChI is InChI=1S/C20H39NO5/c1-5-6-7-8-9-10-11-12-16(13-18(24)26-20(2,3)4)19(25)21-17(14-22)15-23/h16-17,22-23H,5-15H2,1-4H3,(H,21,25)/t16-/m1/s1. The molecule has 1 amide bonds. The molecule has 26 heavy (non-hydrogen) atoms. The van der Waals surface area contributed by atoms with E-state index in [-0.39, 0.29) is 25.5 Å². The highest BCUT2D eigenvalue weighted by molar-refractivity contribution is 5.84. The highest BCUT2D eigenvalue weighted by Gasteiger charge is 2.26. The van der Waals surface area contributed by atoms with Crippen molar-refractivity contribution < 1.29 is 24.5 Å². The van der Waals surface area contributed by atoms with Crippen LogP contribution in [0.1, 0.15) is 85.5 Å². The summed E-state index contributed by atoms with van der Waals surface area (Å²) < 4.78 is 5.33. The summed E-state index contributed by atoms with van der Waals surface area (Å²) in [5.41, 5.74) is -0.587. The SMILES string of the molecule is CCCCCCCCC[C@H](CC(=O)OC(C)(C)C)C(=O)NC(CO)CO. The summed E-state index contributed by atoms with van der Waals surface area (Å²) in [5.74, 6) is -1.21. The van der Waals surface area contributed by atoms with Gasteiger partial charge in [-0.2, -0.15) is 0 Å². The molecule has 0 fully saturated rings. The molecule has 0 aromatic heterocycles. The Bertz CT molecular complexity index is 388. The van der Waals surface area contributed by atoms with Crippen molar-refractivity contribution in [3.05, 3.63) is 0 Å². The molecule has 0 aromatic carbocycles. The summed E-state index contributed by atoms with van der Waals surface area (Å²) in [5, 5.41) is 20.9.